The molecule has 0 aromatic rings. The summed E-state index contributed by atoms with van der Waals surface area (Å²) in [5, 5.41) is 3.41. The van der Waals surface area contributed by atoms with Crippen LogP contribution in [0.1, 0.15) is 13.8 Å². The summed E-state index contributed by atoms with van der Waals surface area (Å²) < 4.78 is 10.8. The lowest BCUT2D eigenvalue weighted by Crippen LogP contribution is -2.46. The van der Waals surface area contributed by atoms with Crippen LogP contribution in [-0.4, -0.2) is 45.1 Å². The molecule has 2 unspecified atom stereocenters. The third-order valence-corrected chi connectivity index (χ3v) is 2.55. The number of nitrogens with one attached hydrogen (secondary N) is 1. The predicted molar refractivity (Wildman–Crippen MR) is 56.2 cm³/mol. The van der Waals surface area contributed by atoms with E-state index < -0.39 is 0 Å². The van der Waals surface area contributed by atoms with Gasteiger partial charge in [-0.2, -0.15) is 0 Å². The molecule has 4 nitrogen and oxygen atoms in total. The van der Waals surface area contributed by atoms with Crippen molar-refractivity contribution in [2.45, 2.75) is 26.0 Å². The van der Waals surface area contributed by atoms with Gasteiger partial charge in [0.15, 0.2) is 0 Å². The van der Waals surface area contributed by atoms with E-state index in [-0.39, 0.29) is 6.10 Å². The van der Waals surface area contributed by atoms with Gasteiger partial charge in [0, 0.05) is 19.1 Å². The molecule has 0 spiro atoms. The number of nitrogens with two attached hydrogens (primary N) is 1. The van der Waals surface area contributed by atoms with Gasteiger partial charge in [0.25, 0.3) is 0 Å². The van der Waals surface area contributed by atoms with Gasteiger partial charge in [-0.3, -0.25) is 0 Å². The summed E-state index contributed by atoms with van der Waals surface area (Å²) in [6, 6.07) is 0.375. The third-order valence-electron chi connectivity index (χ3n) is 2.55. The smallest absolute Gasteiger partial charge is 0.0933 e. The summed E-state index contributed by atoms with van der Waals surface area (Å²) in [5.74, 6) is 0.560. The summed E-state index contributed by atoms with van der Waals surface area (Å²) >= 11 is 0. The highest BCUT2D eigenvalue weighted by Gasteiger charge is 2.17. The van der Waals surface area contributed by atoms with Crippen LogP contribution in [0.4, 0.5) is 0 Å². The molecule has 0 amide bonds. The van der Waals surface area contributed by atoms with E-state index in [0.717, 1.165) is 13.2 Å². The normalized spacial score (nSPS) is 25.3. The van der Waals surface area contributed by atoms with Crippen molar-refractivity contribution in [3.8, 4) is 0 Å². The summed E-state index contributed by atoms with van der Waals surface area (Å²) in [4.78, 5) is 0. The second-order valence-corrected chi connectivity index (χ2v) is 4.06. The highest BCUT2D eigenvalue weighted by atomic mass is 16.6. The summed E-state index contributed by atoms with van der Waals surface area (Å²) in [6.07, 6.45) is 0.191. The van der Waals surface area contributed by atoms with Crippen LogP contribution < -0.4 is 11.1 Å². The van der Waals surface area contributed by atoms with Gasteiger partial charge < -0.3 is 20.5 Å². The van der Waals surface area contributed by atoms with E-state index in [1.807, 2.05) is 0 Å². The number of ether oxygens (including phenoxy) is 2. The Bertz CT molecular complexity index is 147. The van der Waals surface area contributed by atoms with E-state index in [0.29, 0.717) is 31.7 Å². The Kier molecular flexibility index (Phi) is 5.40. The first kappa shape index (κ1) is 11.9. The van der Waals surface area contributed by atoms with Crippen LogP contribution >= 0.6 is 0 Å². The zero-order chi connectivity index (χ0) is 10.4. The van der Waals surface area contributed by atoms with E-state index >= 15 is 0 Å². The second kappa shape index (κ2) is 6.35. The van der Waals surface area contributed by atoms with Crippen molar-refractivity contribution in [3.63, 3.8) is 0 Å². The molecule has 1 saturated heterocycles. The first-order valence-electron chi connectivity index (χ1n) is 5.36. The molecule has 4 heteroatoms. The van der Waals surface area contributed by atoms with Gasteiger partial charge in [0.2, 0.25) is 0 Å². The Hall–Kier alpha value is -0.160. The molecule has 3 N–H and O–H groups in total. The van der Waals surface area contributed by atoms with Crippen LogP contribution in [0.5, 0.6) is 0 Å². The number of hydrogen-bond donors (Lipinski definition) is 2. The molecule has 1 heterocycles. The van der Waals surface area contributed by atoms with Crippen LogP contribution in [0.25, 0.3) is 0 Å². The van der Waals surface area contributed by atoms with Crippen molar-refractivity contribution in [2.75, 3.05) is 32.9 Å². The van der Waals surface area contributed by atoms with Crippen LogP contribution in [0.15, 0.2) is 0 Å². The van der Waals surface area contributed by atoms with E-state index in [9.17, 15) is 0 Å². The molecule has 1 aliphatic heterocycles. The zero-order valence-corrected chi connectivity index (χ0v) is 9.16. The fraction of sp³-hybridized carbons (Fsp3) is 1.00. The van der Waals surface area contributed by atoms with Crippen LogP contribution in [0, 0.1) is 5.92 Å². The van der Waals surface area contributed by atoms with E-state index in [4.69, 9.17) is 15.2 Å². The minimum Gasteiger partial charge on any atom is -0.376 e. The standard InChI is InChI=1S/C10H22N2O2/c1-8(2)10(5-11)12-6-9-7-13-3-4-14-9/h8-10,12H,3-7,11H2,1-2H3. The monoisotopic (exact) mass is 202 g/mol. The molecule has 0 aromatic carbocycles. The lowest BCUT2D eigenvalue weighted by atomic mass is 10.0. The zero-order valence-electron chi connectivity index (χ0n) is 9.16. The lowest BCUT2D eigenvalue weighted by molar-refractivity contribution is -0.0873. The maximum Gasteiger partial charge on any atom is 0.0933 e. The maximum absolute atomic E-state index is 5.65. The van der Waals surface area contributed by atoms with Crippen molar-refractivity contribution in [3.05, 3.63) is 0 Å². The molecule has 84 valence electrons. The molecule has 0 saturated carbocycles. The SMILES string of the molecule is CC(C)C(CN)NCC1COCCO1. The fourth-order valence-electron chi connectivity index (χ4n) is 1.53. The Labute approximate surface area is 86.1 Å². The van der Waals surface area contributed by atoms with Gasteiger partial charge in [0.1, 0.15) is 0 Å². The van der Waals surface area contributed by atoms with E-state index in [2.05, 4.69) is 19.2 Å². The van der Waals surface area contributed by atoms with Gasteiger partial charge in [-0.25, -0.2) is 0 Å². The molecule has 1 aliphatic rings. The van der Waals surface area contributed by atoms with E-state index in [1.165, 1.54) is 0 Å². The average molecular weight is 202 g/mol. The first-order valence-corrected chi connectivity index (χ1v) is 5.36. The quantitative estimate of drug-likeness (QED) is 0.657. The van der Waals surface area contributed by atoms with Crippen molar-refractivity contribution < 1.29 is 9.47 Å². The lowest BCUT2D eigenvalue weighted by Gasteiger charge is -2.27. The van der Waals surface area contributed by atoms with Crippen molar-refractivity contribution in [1.82, 2.24) is 5.32 Å². The third kappa shape index (κ3) is 3.92. The van der Waals surface area contributed by atoms with Crippen LogP contribution in [-0.2, 0) is 9.47 Å². The highest BCUT2D eigenvalue weighted by Crippen LogP contribution is 2.03. The molecule has 2 atom stereocenters. The Morgan fingerprint density at radius 1 is 1.43 bits per heavy atom. The van der Waals surface area contributed by atoms with Gasteiger partial charge >= 0.3 is 0 Å². The topological polar surface area (TPSA) is 56.5 Å². The Morgan fingerprint density at radius 2 is 2.21 bits per heavy atom. The molecule has 1 rings (SSSR count). The largest absolute Gasteiger partial charge is 0.376 e. The summed E-state index contributed by atoms with van der Waals surface area (Å²) in [7, 11) is 0. The molecule has 0 bridgehead atoms. The summed E-state index contributed by atoms with van der Waals surface area (Å²) in [5.41, 5.74) is 5.65. The Morgan fingerprint density at radius 3 is 2.71 bits per heavy atom. The molecular formula is C10H22N2O2. The predicted octanol–water partition coefficient (Wildman–Crippen LogP) is -0.0253. The number of hydrogen-bond acceptors (Lipinski definition) is 4. The fourth-order valence-corrected chi connectivity index (χ4v) is 1.53. The summed E-state index contributed by atoms with van der Waals surface area (Å²) in [6.45, 7) is 7.97. The molecule has 0 aromatic heterocycles. The van der Waals surface area contributed by atoms with Crippen LogP contribution in [0.3, 0.4) is 0 Å². The number of rotatable bonds is 5. The van der Waals surface area contributed by atoms with Gasteiger partial charge in [-0.15, -0.1) is 0 Å². The molecular weight excluding hydrogens is 180 g/mol. The minimum absolute atomic E-state index is 0.191. The van der Waals surface area contributed by atoms with Gasteiger partial charge in [-0.05, 0) is 5.92 Å². The Balaban J connectivity index is 2.16. The van der Waals surface area contributed by atoms with Crippen molar-refractivity contribution in [2.24, 2.45) is 11.7 Å². The van der Waals surface area contributed by atoms with Crippen molar-refractivity contribution in [1.29, 1.82) is 0 Å². The van der Waals surface area contributed by atoms with E-state index in [1.54, 1.807) is 0 Å². The maximum atomic E-state index is 5.65. The first-order chi connectivity index (χ1) is 6.74. The van der Waals surface area contributed by atoms with Gasteiger partial charge in [-0.1, -0.05) is 13.8 Å². The van der Waals surface area contributed by atoms with Gasteiger partial charge in [0.05, 0.1) is 25.9 Å². The van der Waals surface area contributed by atoms with Crippen LogP contribution in [0.2, 0.25) is 0 Å². The van der Waals surface area contributed by atoms with Crippen molar-refractivity contribution >= 4 is 0 Å². The molecule has 0 aliphatic carbocycles. The highest BCUT2D eigenvalue weighted by molar-refractivity contribution is 4.74. The molecule has 0 radical (unpaired) electrons. The average Bonchev–Trinajstić information content (AvgIpc) is 2.20. The molecule has 1 fully saturated rings. The second-order valence-electron chi connectivity index (χ2n) is 4.06. The minimum atomic E-state index is 0.191. The molecule has 14 heavy (non-hydrogen) atoms.